The van der Waals surface area contributed by atoms with Gasteiger partial charge in [0.1, 0.15) is 18.1 Å². The maximum atomic E-state index is 13.5. The minimum Gasteiger partial charge on any atom is -0.480 e. The fourth-order valence-electron chi connectivity index (χ4n) is 4.47. The van der Waals surface area contributed by atoms with E-state index in [1.54, 1.807) is 6.20 Å². The monoisotopic (exact) mass is 525 g/mol. The minimum absolute atomic E-state index is 0.0360. The number of nitrogens with one attached hydrogen (secondary N) is 6. The van der Waals surface area contributed by atoms with Crippen LogP contribution in [0.3, 0.4) is 0 Å². The number of imidazole rings is 1. The van der Waals surface area contributed by atoms with E-state index in [1.807, 2.05) is 24.3 Å². The van der Waals surface area contributed by atoms with Crippen molar-refractivity contribution in [3.63, 3.8) is 0 Å². The van der Waals surface area contributed by atoms with Crippen LogP contribution in [0.25, 0.3) is 10.9 Å². The summed E-state index contributed by atoms with van der Waals surface area (Å²) in [5.41, 5.74) is 2.16. The van der Waals surface area contributed by atoms with Crippen molar-refractivity contribution >= 4 is 34.6 Å². The van der Waals surface area contributed by atoms with Gasteiger partial charge in [-0.1, -0.05) is 18.2 Å². The van der Waals surface area contributed by atoms with Gasteiger partial charge in [0.2, 0.25) is 17.7 Å². The molecule has 202 valence electrons. The predicted octanol–water partition coefficient (Wildman–Crippen LogP) is -1.04. The van der Waals surface area contributed by atoms with E-state index in [4.69, 9.17) is 0 Å². The Morgan fingerprint density at radius 3 is 2.39 bits per heavy atom. The van der Waals surface area contributed by atoms with Crippen LogP contribution in [0.1, 0.15) is 24.1 Å². The van der Waals surface area contributed by atoms with Crippen LogP contribution in [0.5, 0.6) is 0 Å². The Morgan fingerprint density at radius 1 is 1.00 bits per heavy atom. The number of benzene rings is 1. The highest BCUT2D eigenvalue weighted by molar-refractivity contribution is 5.95. The van der Waals surface area contributed by atoms with Crippen LogP contribution in [0.4, 0.5) is 0 Å². The number of hydrogen-bond donors (Lipinski definition) is 8. The Kier molecular flexibility index (Phi) is 8.71. The Balaban J connectivity index is 1.56. The standard InChI is InChI=1S/C25H31N7O6/c33-12-21(25(37)38)32-23(35)19(8-14-10-28-17-5-2-1-4-16(14)17)30-24(36)20(9-15-11-26-13-29-15)31-22(34)18-6-3-7-27-18/h1-2,4-5,10-11,13,18-21,27-28,33H,3,6-9,12H2,(H,26,29)(H,30,36)(H,31,34)(H,32,35)(H,37,38). The van der Waals surface area contributed by atoms with E-state index in [1.165, 1.54) is 12.5 Å². The second-order valence-corrected chi connectivity index (χ2v) is 9.20. The highest BCUT2D eigenvalue weighted by Gasteiger charge is 2.32. The van der Waals surface area contributed by atoms with Crippen molar-refractivity contribution in [1.29, 1.82) is 0 Å². The number of aliphatic hydroxyl groups is 1. The lowest BCUT2D eigenvalue weighted by Gasteiger charge is -2.25. The molecule has 1 aromatic carbocycles. The number of amides is 3. The van der Waals surface area contributed by atoms with Crippen molar-refractivity contribution < 1.29 is 29.4 Å². The highest BCUT2D eigenvalue weighted by atomic mass is 16.4. The maximum absolute atomic E-state index is 13.5. The van der Waals surface area contributed by atoms with E-state index >= 15 is 0 Å². The van der Waals surface area contributed by atoms with Gasteiger partial charge in [-0.2, -0.15) is 0 Å². The Labute approximate surface area is 217 Å². The van der Waals surface area contributed by atoms with E-state index in [9.17, 15) is 29.4 Å². The molecule has 4 rings (SSSR count). The van der Waals surface area contributed by atoms with Gasteiger partial charge in [-0.3, -0.25) is 14.4 Å². The third kappa shape index (κ3) is 6.55. The molecule has 0 aliphatic carbocycles. The van der Waals surface area contributed by atoms with Gasteiger partial charge in [0, 0.05) is 41.8 Å². The van der Waals surface area contributed by atoms with E-state index < -0.39 is 48.6 Å². The molecule has 1 fully saturated rings. The number of carbonyl (C=O) groups excluding carboxylic acids is 3. The molecule has 1 aliphatic rings. The number of carboxylic acids is 1. The van der Waals surface area contributed by atoms with Crippen LogP contribution in [-0.2, 0) is 32.0 Å². The van der Waals surface area contributed by atoms with Crippen molar-refractivity contribution in [2.75, 3.05) is 13.2 Å². The van der Waals surface area contributed by atoms with Gasteiger partial charge in [0.15, 0.2) is 0 Å². The van der Waals surface area contributed by atoms with Crippen molar-refractivity contribution in [1.82, 2.24) is 36.2 Å². The predicted molar refractivity (Wildman–Crippen MR) is 136 cm³/mol. The molecule has 1 saturated heterocycles. The fourth-order valence-corrected chi connectivity index (χ4v) is 4.47. The summed E-state index contributed by atoms with van der Waals surface area (Å²) in [6, 6.07) is 3.24. The van der Waals surface area contributed by atoms with Crippen LogP contribution in [-0.4, -0.2) is 86.2 Å². The molecule has 3 heterocycles. The first kappa shape index (κ1) is 26.8. The Morgan fingerprint density at radius 2 is 1.74 bits per heavy atom. The van der Waals surface area contributed by atoms with Crippen LogP contribution in [0.15, 0.2) is 43.0 Å². The smallest absolute Gasteiger partial charge is 0.328 e. The normalized spacial score (nSPS) is 17.4. The Bertz CT molecular complexity index is 1270. The second-order valence-electron chi connectivity index (χ2n) is 9.20. The van der Waals surface area contributed by atoms with Gasteiger partial charge in [0.25, 0.3) is 0 Å². The molecule has 13 heteroatoms. The lowest BCUT2D eigenvalue weighted by Crippen LogP contribution is -2.58. The number of carboxylic acid groups (broad SMARTS) is 1. The van der Waals surface area contributed by atoms with Crippen molar-refractivity contribution in [2.24, 2.45) is 0 Å². The van der Waals surface area contributed by atoms with Gasteiger partial charge in [0.05, 0.1) is 19.0 Å². The highest BCUT2D eigenvalue weighted by Crippen LogP contribution is 2.19. The number of carbonyl (C=O) groups is 4. The lowest BCUT2D eigenvalue weighted by molar-refractivity contribution is -0.143. The van der Waals surface area contributed by atoms with Crippen LogP contribution in [0, 0.1) is 0 Å². The maximum Gasteiger partial charge on any atom is 0.328 e. The van der Waals surface area contributed by atoms with Crippen molar-refractivity contribution in [2.45, 2.75) is 49.9 Å². The number of H-pyrrole nitrogens is 2. The van der Waals surface area contributed by atoms with Gasteiger partial charge in [-0.05, 0) is 31.0 Å². The molecule has 38 heavy (non-hydrogen) atoms. The molecular weight excluding hydrogens is 494 g/mol. The first-order valence-corrected chi connectivity index (χ1v) is 12.4. The molecule has 8 N–H and O–H groups in total. The molecule has 0 saturated carbocycles. The topological polar surface area (TPSA) is 201 Å². The quantitative estimate of drug-likeness (QED) is 0.146. The lowest BCUT2D eigenvalue weighted by atomic mass is 10.0. The summed E-state index contributed by atoms with van der Waals surface area (Å²) in [4.78, 5) is 60.8. The summed E-state index contributed by atoms with van der Waals surface area (Å²) in [5.74, 6) is -3.14. The van der Waals surface area contributed by atoms with Gasteiger partial charge in [-0.15, -0.1) is 0 Å². The van der Waals surface area contributed by atoms with Crippen LogP contribution >= 0.6 is 0 Å². The number of aromatic nitrogens is 3. The van der Waals surface area contributed by atoms with Crippen molar-refractivity contribution in [3.05, 3.63) is 54.2 Å². The molecule has 2 aromatic heterocycles. The zero-order chi connectivity index (χ0) is 27.1. The average Bonchev–Trinajstić information content (AvgIpc) is 3.69. The summed E-state index contributed by atoms with van der Waals surface area (Å²) in [5, 5.41) is 30.3. The third-order valence-electron chi connectivity index (χ3n) is 6.52. The molecule has 3 amide bonds. The van der Waals surface area contributed by atoms with E-state index in [0.29, 0.717) is 18.7 Å². The van der Waals surface area contributed by atoms with E-state index in [-0.39, 0.29) is 18.7 Å². The number of hydrogen-bond acceptors (Lipinski definition) is 7. The zero-order valence-corrected chi connectivity index (χ0v) is 20.6. The van der Waals surface area contributed by atoms with Gasteiger partial charge >= 0.3 is 5.97 Å². The van der Waals surface area contributed by atoms with E-state index in [2.05, 4.69) is 36.2 Å². The number of aliphatic carboxylic acids is 1. The summed E-state index contributed by atoms with van der Waals surface area (Å²) in [6.45, 7) is -0.111. The average molecular weight is 526 g/mol. The molecule has 0 spiro atoms. The van der Waals surface area contributed by atoms with E-state index in [0.717, 1.165) is 22.9 Å². The van der Waals surface area contributed by atoms with Gasteiger partial charge < -0.3 is 41.4 Å². The summed E-state index contributed by atoms with van der Waals surface area (Å²) in [7, 11) is 0. The first-order chi connectivity index (χ1) is 18.4. The van der Waals surface area contributed by atoms with Crippen molar-refractivity contribution in [3.8, 4) is 0 Å². The largest absolute Gasteiger partial charge is 0.480 e. The molecule has 13 nitrogen and oxygen atoms in total. The van der Waals surface area contributed by atoms with Crippen LogP contribution < -0.4 is 21.3 Å². The number of nitrogens with zero attached hydrogens (tertiary/aromatic N) is 1. The summed E-state index contributed by atoms with van der Waals surface area (Å²) >= 11 is 0. The number of rotatable bonds is 12. The summed E-state index contributed by atoms with van der Waals surface area (Å²) < 4.78 is 0. The molecule has 3 aromatic rings. The number of aromatic amines is 2. The molecule has 1 aliphatic heterocycles. The number of aliphatic hydroxyl groups excluding tert-OH is 1. The zero-order valence-electron chi connectivity index (χ0n) is 20.6. The number of para-hydroxylation sites is 1. The fraction of sp³-hybridized carbons (Fsp3) is 0.400. The second kappa shape index (κ2) is 12.3. The molecule has 0 radical (unpaired) electrons. The minimum atomic E-state index is -1.54. The summed E-state index contributed by atoms with van der Waals surface area (Å²) in [6.07, 6.45) is 6.33. The Hall–Kier alpha value is -4.23. The SMILES string of the molecule is O=C(O)C(CO)NC(=O)C(Cc1c[nH]c2ccccc12)NC(=O)C(Cc1cnc[nH]1)NC(=O)C1CCCN1. The first-order valence-electron chi connectivity index (χ1n) is 12.4. The number of fused-ring (bicyclic) bond motifs is 1. The van der Waals surface area contributed by atoms with Crippen LogP contribution in [0.2, 0.25) is 0 Å². The van der Waals surface area contributed by atoms with Gasteiger partial charge in [-0.25, -0.2) is 9.78 Å². The molecule has 4 unspecified atom stereocenters. The third-order valence-corrected chi connectivity index (χ3v) is 6.52. The molecule has 4 atom stereocenters. The molecular formula is C25H31N7O6. The molecule has 0 bridgehead atoms.